The van der Waals surface area contributed by atoms with Gasteiger partial charge in [0, 0.05) is 11.9 Å². The third-order valence-electron chi connectivity index (χ3n) is 2.88. The number of nitrogens with zero attached hydrogens (tertiary/aromatic N) is 2. The molecule has 0 aliphatic carbocycles. The molecule has 0 saturated carbocycles. The van der Waals surface area contributed by atoms with Gasteiger partial charge < -0.3 is 10.3 Å². The Hall–Kier alpha value is -2.34. The quantitative estimate of drug-likeness (QED) is 0.726. The predicted molar refractivity (Wildman–Crippen MR) is 84.4 cm³/mol. The SMILES string of the molecule is Cc1cccc(NC(=O)CSc2nc3cccnc3[nH]2)c1. The molecule has 0 fully saturated rings. The minimum atomic E-state index is -0.0565. The van der Waals surface area contributed by atoms with Crippen LogP contribution in [0.2, 0.25) is 0 Å². The number of anilines is 1. The monoisotopic (exact) mass is 298 g/mol. The highest BCUT2D eigenvalue weighted by molar-refractivity contribution is 7.99. The smallest absolute Gasteiger partial charge is 0.234 e. The summed E-state index contributed by atoms with van der Waals surface area (Å²) in [6, 6.07) is 11.4. The molecule has 0 aliphatic heterocycles. The summed E-state index contributed by atoms with van der Waals surface area (Å²) in [6.45, 7) is 1.99. The van der Waals surface area contributed by atoms with Crippen molar-refractivity contribution in [3.63, 3.8) is 0 Å². The van der Waals surface area contributed by atoms with Crippen molar-refractivity contribution >= 4 is 34.5 Å². The molecule has 6 heteroatoms. The molecule has 106 valence electrons. The molecule has 1 aromatic carbocycles. The molecule has 0 saturated heterocycles. The van der Waals surface area contributed by atoms with Crippen LogP contribution in [-0.4, -0.2) is 26.6 Å². The molecule has 2 heterocycles. The van der Waals surface area contributed by atoms with Gasteiger partial charge in [-0.2, -0.15) is 0 Å². The van der Waals surface area contributed by atoms with E-state index in [1.165, 1.54) is 11.8 Å². The second-order valence-electron chi connectivity index (χ2n) is 4.62. The first-order valence-electron chi connectivity index (χ1n) is 6.51. The van der Waals surface area contributed by atoms with Gasteiger partial charge in [0.05, 0.1) is 5.75 Å². The lowest BCUT2D eigenvalue weighted by Gasteiger charge is -2.04. The van der Waals surface area contributed by atoms with Gasteiger partial charge in [-0.1, -0.05) is 23.9 Å². The van der Waals surface area contributed by atoms with Crippen LogP contribution in [-0.2, 0) is 4.79 Å². The van der Waals surface area contributed by atoms with Crippen molar-refractivity contribution in [3.05, 3.63) is 48.2 Å². The molecule has 0 bridgehead atoms. The highest BCUT2D eigenvalue weighted by Crippen LogP contribution is 2.18. The fourth-order valence-electron chi connectivity index (χ4n) is 1.94. The van der Waals surface area contributed by atoms with E-state index in [-0.39, 0.29) is 5.91 Å². The van der Waals surface area contributed by atoms with Crippen LogP contribution in [0.5, 0.6) is 0 Å². The normalized spacial score (nSPS) is 10.7. The minimum absolute atomic E-state index is 0.0565. The number of benzene rings is 1. The maximum atomic E-state index is 11.9. The molecule has 21 heavy (non-hydrogen) atoms. The van der Waals surface area contributed by atoms with Gasteiger partial charge in [-0.05, 0) is 36.8 Å². The van der Waals surface area contributed by atoms with Crippen molar-refractivity contribution in [1.29, 1.82) is 0 Å². The number of aryl methyl sites for hydroxylation is 1. The van der Waals surface area contributed by atoms with Crippen LogP contribution in [0, 0.1) is 6.92 Å². The molecule has 0 spiro atoms. The molecule has 3 aromatic rings. The lowest BCUT2D eigenvalue weighted by Crippen LogP contribution is -2.14. The number of carbonyl (C=O) groups excluding carboxylic acids is 1. The number of imidazole rings is 1. The summed E-state index contributed by atoms with van der Waals surface area (Å²) >= 11 is 1.36. The van der Waals surface area contributed by atoms with Crippen LogP contribution in [0.3, 0.4) is 0 Å². The largest absolute Gasteiger partial charge is 0.325 e. The first kappa shape index (κ1) is 13.6. The number of aromatic nitrogens is 3. The topological polar surface area (TPSA) is 70.7 Å². The fraction of sp³-hybridized carbons (Fsp3) is 0.133. The molecule has 2 aromatic heterocycles. The molecule has 0 radical (unpaired) electrons. The summed E-state index contributed by atoms with van der Waals surface area (Å²) in [7, 11) is 0. The minimum Gasteiger partial charge on any atom is -0.325 e. The van der Waals surface area contributed by atoms with Crippen LogP contribution in [0.4, 0.5) is 5.69 Å². The molecular formula is C15H14N4OS. The summed E-state index contributed by atoms with van der Waals surface area (Å²) in [5.41, 5.74) is 3.47. The van der Waals surface area contributed by atoms with E-state index in [1.807, 2.05) is 43.3 Å². The first-order valence-corrected chi connectivity index (χ1v) is 7.49. The standard InChI is InChI=1S/C15H14N4OS/c1-10-4-2-5-11(8-10)17-13(20)9-21-15-18-12-6-3-7-16-14(12)19-15/h2-8H,9H2,1H3,(H,17,20)(H,16,18,19). The Labute approximate surface area is 126 Å². The van der Waals surface area contributed by atoms with E-state index < -0.39 is 0 Å². The number of H-pyrrole nitrogens is 1. The number of carbonyl (C=O) groups is 1. The predicted octanol–water partition coefficient (Wildman–Crippen LogP) is 3.00. The molecule has 1 amide bonds. The van der Waals surface area contributed by atoms with Crippen LogP contribution in [0.25, 0.3) is 11.2 Å². The van der Waals surface area contributed by atoms with Crippen LogP contribution < -0.4 is 5.32 Å². The first-order chi connectivity index (χ1) is 10.2. The molecule has 0 unspecified atom stereocenters. The number of rotatable bonds is 4. The number of amides is 1. The molecule has 0 aliphatic rings. The van der Waals surface area contributed by atoms with Crippen LogP contribution in [0.15, 0.2) is 47.8 Å². The summed E-state index contributed by atoms with van der Waals surface area (Å²) in [4.78, 5) is 23.6. The van der Waals surface area contributed by atoms with Crippen molar-refractivity contribution < 1.29 is 4.79 Å². The van der Waals surface area contributed by atoms with Gasteiger partial charge in [0.15, 0.2) is 10.8 Å². The van der Waals surface area contributed by atoms with E-state index in [0.29, 0.717) is 10.9 Å². The maximum absolute atomic E-state index is 11.9. The van der Waals surface area contributed by atoms with Crippen molar-refractivity contribution in [1.82, 2.24) is 15.0 Å². The van der Waals surface area contributed by atoms with Crippen molar-refractivity contribution in [2.24, 2.45) is 0 Å². The molecule has 3 rings (SSSR count). The van der Waals surface area contributed by atoms with Gasteiger partial charge >= 0.3 is 0 Å². The Morgan fingerprint density at radius 3 is 3.05 bits per heavy atom. The highest BCUT2D eigenvalue weighted by Gasteiger charge is 2.07. The molecule has 0 atom stereocenters. The van der Waals surface area contributed by atoms with E-state index in [2.05, 4.69) is 20.3 Å². The lowest BCUT2D eigenvalue weighted by molar-refractivity contribution is -0.113. The average Bonchev–Trinajstić information content (AvgIpc) is 2.88. The van der Waals surface area contributed by atoms with E-state index >= 15 is 0 Å². The zero-order chi connectivity index (χ0) is 14.7. The van der Waals surface area contributed by atoms with Crippen molar-refractivity contribution in [2.75, 3.05) is 11.1 Å². The zero-order valence-corrected chi connectivity index (χ0v) is 12.3. The van der Waals surface area contributed by atoms with E-state index in [1.54, 1.807) is 6.20 Å². The van der Waals surface area contributed by atoms with Gasteiger partial charge in [-0.25, -0.2) is 9.97 Å². The second-order valence-corrected chi connectivity index (χ2v) is 5.58. The third-order valence-corrected chi connectivity index (χ3v) is 3.75. The zero-order valence-electron chi connectivity index (χ0n) is 11.5. The Morgan fingerprint density at radius 2 is 2.24 bits per heavy atom. The van der Waals surface area contributed by atoms with Gasteiger partial charge in [-0.3, -0.25) is 4.79 Å². The number of thioether (sulfide) groups is 1. The average molecular weight is 298 g/mol. The van der Waals surface area contributed by atoms with Crippen molar-refractivity contribution in [2.45, 2.75) is 12.1 Å². The number of hydrogen-bond donors (Lipinski definition) is 2. The van der Waals surface area contributed by atoms with Crippen LogP contribution in [0.1, 0.15) is 5.56 Å². The Kier molecular flexibility index (Phi) is 3.87. The number of hydrogen-bond acceptors (Lipinski definition) is 4. The number of pyridine rings is 1. The Morgan fingerprint density at radius 1 is 1.33 bits per heavy atom. The number of fused-ring (bicyclic) bond motifs is 1. The fourth-order valence-corrected chi connectivity index (χ4v) is 2.62. The van der Waals surface area contributed by atoms with Crippen molar-refractivity contribution in [3.8, 4) is 0 Å². The third kappa shape index (κ3) is 3.41. The number of nitrogens with one attached hydrogen (secondary N) is 2. The van der Waals surface area contributed by atoms with Gasteiger partial charge in [0.25, 0.3) is 0 Å². The summed E-state index contributed by atoms with van der Waals surface area (Å²) in [5, 5.41) is 3.57. The lowest BCUT2D eigenvalue weighted by atomic mass is 10.2. The maximum Gasteiger partial charge on any atom is 0.234 e. The molecular weight excluding hydrogens is 284 g/mol. The number of aromatic amines is 1. The second kappa shape index (κ2) is 5.97. The molecule has 5 nitrogen and oxygen atoms in total. The van der Waals surface area contributed by atoms with E-state index in [9.17, 15) is 4.79 Å². The Bertz CT molecular complexity index is 751. The summed E-state index contributed by atoms with van der Waals surface area (Å²) in [6.07, 6.45) is 1.71. The van der Waals surface area contributed by atoms with Gasteiger partial charge in [0.1, 0.15) is 5.52 Å². The Balaban J connectivity index is 1.60. The van der Waals surface area contributed by atoms with Crippen LogP contribution >= 0.6 is 11.8 Å². The highest BCUT2D eigenvalue weighted by atomic mass is 32.2. The summed E-state index contributed by atoms with van der Waals surface area (Å²) in [5.74, 6) is 0.243. The summed E-state index contributed by atoms with van der Waals surface area (Å²) < 4.78 is 0. The van der Waals surface area contributed by atoms with E-state index in [4.69, 9.17) is 0 Å². The van der Waals surface area contributed by atoms with Gasteiger partial charge in [0.2, 0.25) is 5.91 Å². The van der Waals surface area contributed by atoms with Gasteiger partial charge in [-0.15, -0.1) is 0 Å². The molecule has 2 N–H and O–H groups in total. The van der Waals surface area contributed by atoms with E-state index in [0.717, 1.165) is 22.4 Å².